The van der Waals surface area contributed by atoms with Crippen molar-refractivity contribution in [2.75, 3.05) is 33.3 Å². The van der Waals surface area contributed by atoms with Crippen LogP contribution < -0.4 is 4.74 Å². The van der Waals surface area contributed by atoms with Gasteiger partial charge in [-0.05, 0) is 67.9 Å². The summed E-state index contributed by atoms with van der Waals surface area (Å²) < 4.78 is 33.8. The van der Waals surface area contributed by atoms with Crippen LogP contribution in [0.4, 0.5) is 0 Å². The second-order valence-corrected chi connectivity index (χ2v) is 11.8. The Labute approximate surface area is 206 Å². The van der Waals surface area contributed by atoms with Gasteiger partial charge in [-0.15, -0.1) is 0 Å². The van der Waals surface area contributed by atoms with Gasteiger partial charge in [0.2, 0.25) is 10.0 Å². The summed E-state index contributed by atoms with van der Waals surface area (Å²) in [7, 11) is -1.94. The van der Waals surface area contributed by atoms with Crippen LogP contribution in [0.15, 0.2) is 53.4 Å². The van der Waals surface area contributed by atoms with Crippen molar-refractivity contribution < 1.29 is 17.9 Å². The molecule has 1 spiro atoms. The van der Waals surface area contributed by atoms with Crippen LogP contribution in [0, 0.1) is 19.3 Å². The molecule has 2 aliphatic rings. The Kier molecular flexibility index (Phi) is 6.05. The first-order valence-corrected chi connectivity index (χ1v) is 13.5. The molecule has 7 nitrogen and oxygen atoms in total. The molecule has 1 aromatic heterocycles. The topological polar surface area (TPSA) is 79.8 Å². The molecule has 35 heavy (non-hydrogen) atoms. The van der Waals surface area contributed by atoms with E-state index >= 15 is 0 Å². The van der Waals surface area contributed by atoms with E-state index in [0.717, 1.165) is 41.3 Å². The van der Waals surface area contributed by atoms with E-state index in [2.05, 4.69) is 4.98 Å². The van der Waals surface area contributed by atoms with E-state index in [1.54, 1.807) is 23.5 Å². The largest absolute Gasteiger partial charge is 0.496 e. The number of methoxy groups -OCH3 is 1. The number of nitrogens with zero attached hydrogens (tertiary/aromatic N) is 3. The highest BCUT2D eigenvalue weighted by molar-refractivity contribution is 7.89. The van der Waals surface area contributed by atoms with Crippen LogP contribution in [0.3, 0.4) is 0 Å². The van der Waals surface area contributed by atoms with Crippen molar-refractivity contribution >= 4 is 26.8 Å². The zero-order valence-electron chi connectivity index (χ0n) is 20.5. The Balaban J connectivity index is 1.30. The van der Waals surface area contributed by atoms with Crippen LogP contribution in [0.5, 0.6) is 5.75 Å². The molecule has 0 N–H and O–H groups in total. The number of sulfonamides is 1. The SMILES string of the molecule is COc1cc(C(=O)N2CCC3(CCN(S(=O)(=O)c4cc(C)ccc4C)CC3)C2)nc2ccccc12. The van der Waals surface area contributed by atoms with Gasteiger partial charge in [-0.1, -0.05) is 24.3 Å². The molecule has 0 aliphatic carbocycles. The van der Waals surface area contributed by atoms with Gasteiger partial charge in [-0.3, -0.25) is 4.79 Å². The monoisotopic (exact) mass is 493 g/mol. The van der Waals surface area contributed by atoms with Crippen LogP contribution in [-0.2, 0) is 10.0 Å². The lowest BCUT2D eigenvalue weighted by atomic mass is 9.78. The smallest absolute Gasteiger partial charge is 0.272 e. The summed E-state index contributed by atoms with van der Waals surface area (Å²) in [5, 5.41) is 0.877. The first-order chi connectivity index (χ1) is 16.7. The number of likely N-dealkylation sites (tertiary alicyclic amines) is 1. The number of aromatic nitrogens is 1. The molecule has 0 atom stereocenters. The Morgan fingerprint density at radius 2 is 1.71 bits per heavy atom. The highest BCUT2D eigenvalue weighted by Crippen LogP contribution is 2.42. The third-order valence-electron chi connectivity index (χ3n) is 7.59. The first kappa shape index (κ1) is 23.8. The Bertz CT molecular complexity index is 1390. The number of ether oxygens (including phenoxy) is 1. The van der Waals surface area contributed by atoms with E-state index in [9.17, 15) is 13.2 Å². The molecule has 0 saturated carbocycles. The van der Waals surface area contributed by atoms with E-state index in [-0.39, 0.29) is 11.3 Å². The van der Waals surface area contributed by atoms with Gasteiger partial charge >= 0.3 is 0 Å². The van der Waals surface area contributed by atoms with Gasteiger partial charge in [-0.2, -0.15) is 4.31 Å². The molecule has 2 aromatic carbocycles. The van der Waals surface area contributed by atoms with Crippen molar-refractivity contribution in [3.05, 3.63) is 65.4 Å². The van der Waals surface area contributed by atoms with Crippen molar-refractivity contribution in [3.8, 4) is 5.75 Å². The summed E-state index contributed by atoms with van der Waals surface area (Å²) in [5.74, 6) is 0.536. The van der Waals surface area contributed by atoms with Gasteiger partial charge in [-0.25, -0.2) is 13.4 Å². The Morgan fingerprint density at radius 1 is 1.00 bits per heavy atom. The van der Waals surface area contributed by atoms with Gasteiger partial charge in [0, 0.05) is 37.6 Å². The zero-order valence-corrected chi connectivity index (χ0v) is 21.3. The number of pyridine rings is 1. The predicted molar refractivity (Wildman–Crippen MR) is 135 cm³/mol. The zero-order chi connectivity index (χ0) is 24.8. The number of hydrogen-bond donors (Lipinski definition) is 0. The predicted octanol–water partition coefficient (Wildman–Crippen LogP) is 4.18. The van der Waals surface area contributed by atoms with E-state index in [0.29, 0.717) is 42.5 Å². The molecule has 3 heterocycles. The normalized spacial score (nSPS) is 18.3. The lowest BCUT2D eigenvalue weighted by Gasteiger charge is -2.38. The molecule has 0 unspecified atom stereocenters. The number of fused-ring (bicyclic) bond motifs is 1. The maximum Gasteiger partial charge on any atom is 0.272 e. The van der Waals surface area contributed by atoms with Crippen molar-refractivity contribution in [2.45, 2.75) is 38.0 Å². The molecule has 8 heteroatoms. The molecular formula is C27H31N3O4S. The van der Waals surface area contributed by atoms with Crippen LogP contribution in [0.25, 0.3) is 10.9 Å². The fraction of sp³-hybridized carbons (Fsp3) is 0.407. The fourth-order valence-electron chi connectivity index (χ4n) is 5.43. The van der Waals surface area contributed by atoms with E-state index in [1.165, 1.54) is 0 Å². The minimum atomic E-state index is -3.53. The quantitative estimate of drug-likeness (QED) is 0.545. The van der Waals surface area contributed by atoms with Gasteiger partial charge in [0.25, 0.3) is 5.91 Å². The maximum absolute atomic E-state index is 13.4. The third-order valence-corrected chi connectivity index (χ3v) is 9.63. The molecule has 3 aromatic rings. The van der Waals surface area contributed by atoms with Crippen molar-refractivity contribution in [1.29, 1.82) is 0 Å². The molecule has 184 valence electrons. The minimum absolute atomic E-state index is 0.0513. The number of hydrogen-bond acceptors (Lipinski definition) is 5. The van der Waals surface area contributed by atoms with Crippen molar-refractivity contribution in [2.24, 2.45) is 5.41 Å². The van der Waals surface area contributed by atoms with Crippen LogP contribution in [0.2, 0.25) is 0 Å². The number of amides is 1. The highest BCUT2D eigenvalue weighted by atomic mass is 32.2. The highest BCUT2D eigenvalue weighted by Gasteiger charge is 2.44. The molecule has 0 bridgehead atoms. The number of carbonyl (C=O) groups is 1. The molecule has 2 saturated heterocycles. The standard InChI is InChI=1S/C27H31N3O4S/c1-19-8-9-20(2)25(16-19)35(32,33)30-14-11-27(12-15-30)10-13-29(18-27)26(31)23-17-24(34-3)21-6-4-5-7-22(21)28-23/h4-9,16-17H,10-15,18H2,1-3H3. The van der Waals surface area contributed by atoms with Crippen LogP contribution in [0.1, 0.15) is 40.9 Å². The maximum atomic E-state index is 13.4. The molecule has 1 amide bonds. The fourth-order valence-corrected chi connectivity index (χ4v) is 7.18. The van der Waals surface area contributed by atoms with Crippen molar-refractivity contribution in [3.63, 3.8) is 0 Å². The number of aryl methyl sites for hydroxylation is 2. The van der Waals surface area contributed by atoms with Gasteiger partial charge in [0.05, 0.1) is 17.5 Å². The Morgan fingerprint density at radius 3 is 2.46 bits per heavy atom. The minimum Gasteiger partial charge on any atom is -0.496 e. The number of piperidine rings is 1. The second kappa shape index (κ2) is 8.91. The summed E-state index contributed by atoms with van der Waals surface area (Å²) in [6.45, 7) is 5.97. The van der Waals surface area contributed by atoms with E-state index in [4.69, 9.17) is 4.74 Å². The second-order valence-electron chi connectivity index (χ2n) is 9.88. The van der Waals surface area contributed by atoms with Crippen molar-refractivity contribution in [1.82, 2.24) is 14.2 Å². The molecule has 0 radical (unpaired) electrons. The molecule has 5 rings (SSSR count). The lowest BCUT2D eigenvalue weighted by Crippen LogP contribution is -2.44. The molecular weight excluding hydrogens is 462 g/mol. The average Bonchev–Trinajstić information content (AvgIpc) is 3.27. The Hall–Kier alpha value is -2.97. The summed E-state index contributed by atoms with van der Waals surface area (Å²) in [4.78, 5) is 20.2. The summed E-state index contributed by atoms with van der Waals surface area (Å²) in [5.41, 5.74) is 2.77. The van der Waals surface area contributed by atoms with Gasteiger partial charge in [0.15, 0.2) is 0 Å². The number of rotatable bonds is 4. The first-order valence-electron chi connectivity index (χ1n) is 12.0. The number of benzene rings is 2. The lowest BCUT2D eigenvalue weighted by molar-refractivity contribution is 0.0745. The molecule has 2 fully saturated rings. The van der Waals surface area contributed by atoms with E-state index < -0.39 is 10.0 Å². The summed E-state index contributed by atoms with van der Waals surface area (Å²) in [6.07, 6.45) is 2.37. The average molecular weight is 494 g/mol. The third kappa shape index (κ3) is 4.29. The summed E-state index contributed by atoms with van der Waals surface area (Å²) in [6, 6.07) is 14.9. The number of para-hydroxylation sites is 1. The van der Waals surface area contributed by atoms with Crippen LogP contribution >= 0.6 is 0 Å². The van der Waals surface area contributed by atoms with E-state index in [1.807, 2.05) is 55.1 Å². The molecule has 2 aliphatic heterocycles. The van der Waals surface area contributed by atoms with Gasteiger partial charge < -0.3 is 9.64 Å². The van der Waals surface area contributed by atoms with Crippen LogP contribution in [-0.4, -0.2) is 61.8 Å². The summed E-state index contributed by atoms with van der Waals surface area (Å²) >= 11 is 0. The van der Waals surface area contributed by atoms with Gasteiger partial charge in [0.1, 0.15) is 11.4 Å². The number of carbonyl (C=O) groups excluding carboxylic acids is 1.